The summed E-state index contributed by atoms with van der Waals surface area (Å²) in [5.41, 5.74) is 4.34. The number of rotatable bonds is 2. The zero-order valence-corrected chi connectivity index (χ0v) is 15.6. The molecule has 0 bridgehead atoms. The lowest BCUT2D eigenvalue weighted by atomic mass is 10.00. The minimum atomic E-state index is -0.413. The fourth-order valence-corrected chi connectivity index (χ4v) is 4.40. The molecular weight excluding hydrogens is 369 g/mol. The van der Waals surface area contributed by atoms with Crippen molar-refractivity contribution in [2.24, 2.45) is 0 Å². The number of hydrogen-bond donors (Lipinski definition) is 1. The van der Waals surface area contributed by atoms with E-state index in [4.69, 9.17) is 23.2 Å². The highest BCUT2D eigenvalue weighted by Crippen LogP contribution is 2.43. The normalized spacial score (nSPS) is 16.2. The third-order valence-electron chi connectivity index (χ3n) is 5.05. The van der Waals surface area contributed by atoms with Gasteiger partial charge >= 0.3 is 0 Å². The molecule has 0 spiro atoms. The van der Waals surface area contributed by atoms with Gasteiger partial charge in [0, 0.05) is 5.57 Å². The first-order chi connectivity index (χ1) is 12.6. The van der Waals surface area contributed by atoms with Crippen LogP contribution in [0, 0.1) is 0 Å². The van der Waals surface area contributed by atoms with E-state index in [1.54, 1.807) is 24.3 Å². The molecule has 26 heavy (non-hydrogen) atoms. The molecule has 2 aromatic carbocycles. The van der Waals surface area contributed by atoms with Gasteiger partial charge in [0.15, 0.2) is 5.78 Å². The van der Waals surface area contributed by atoms with Gasteiger partial charge in [-0.25, -0.2) is 0 Å². The summed E-state index contributed by atoms with van der Waals surface area (Å²) in [5.74, 6) is -0.373. The molecule has 0 fully saturated rings. The number of amides is 1. The Labute approximate surface area is 162 Å². The summed E-state index contributed by atoms with van der Waals surface area (Å²) in [4.78, 5) is 25.7. The highest BCUT2D eigenvalue weighted by Gasteiger charge is 2.32. The summed E-state index contributed by atoms with van der Waals surface area (Å²) < 4.78 is 0. The maximum atomic E-state index is 13.0. The van der Waals surface area contributed by atoms with Crippen molar-refractivity contribution in [1.82, 2.24) is 0 Å². The molecule has 3 nitrogen and oxygen atoms in total. The monoisotopic (exact) mass is 385 g/mol. The molecule has 0 saturated carbocycles. The molecule has 2 aliphatic carbocycles. The van der Waals surface area contributed by atoms with Crippen LogP contribution in [0.4, 0.5) is 5.69 Å². The molecule has 2 aliphatic rings. The first-order valence-corrected chi connectivity index (χ1v) is 9.49. The van der Waals surface area contributed by atoms with E-state index in [0.717, 1.165) is 48.8 Å². The molecule has 0 heterocycles. The topological polar surface area (TPSA) is 46.2 Å². The van der Waals surface area contributed by atoms with Crippen LogP contribution in [0.3, 0.4) is 0 Å². The summed E-state index contributed by atoms with van der Waals surface area (Å²) in [6.45, 7) is 0. The average Bonchev–Trinajstić information content (AvgIpc) is 2.77. The second kappa shape index (κ2) is 6.90. The number of ketones is 1. The molecule has 4 rings (SSSR count). The SMILES string of the molecule is O=C(Nc1cccc2c1C(=O)C1=C2CCCCC1)c1c(Cl)cccc1Cl. The minimum Gasteiger partial charge on any atom is -0.321 e. The van der Waals surface area contributed by atoms with E-state index in [9.17, 15) is 9.59 Å². The molecule has 0 unspecified atom stereocenters. The molecule has 0 atom stereocenters. The van der Waals surface area contributed by atoms with Gasteiger partial charge in [0.05, 0.1) is 26.9 Å². The number of Topliss-reactive ketones (excluding diaryl/α,β-unsaturated/α-hetero) is 1. The third-order valence-corrected chi connectivity index (χ3v) is 5.68. The van der Waals surface area contributed by atoms with Crippen molar-refractivity contribution in [2.75, 3.05) is 5.32 Å². The zero-order valence-electron chi connectivity index (χ0n) is 14.1. The molecule has 0 aliphatic heterocycles. The van der Waals surface area contributed by atoms with E-state index >= 15 is 0 Å². The number of fused-ring (bicyclic) bond motifs is 2. The van der Waals surface area contributed by atoms with Crippen LogP contribution in [0.2, 0.25) is 10.0 Å². The Morgan fingerprint density at radius 2 is 1.54 bits per heavy atom. The summed E-state index contributed by atoms with van der Waals surface area (Å²) in [6, 6.07) is 10.5. The molecule has 0 aromatic heterocycles. The van der Waals surface area contributed by atoms with Crippen LogP contribution in [0.5, 0.6) is 0 Å². The van der Waals surface area contributed by atoms with Gasteiger partial charge in [0.25, 0.3) is 5.91 Å². The Hall–Kier alpha value is -2.10. The molecule has 132 valence electrons. The van der Waals surface area contributed by atoms with Crippen molar-refractivity contribution < 1.29 is 9.59 Å². The third kappa shape index (κ3) is 2.85. The van der Waals surface area contributed by atoms with E-state index in [-0.39, 0.29) is 21.4 Å². The number of nitrogens with one attached hydrogen (secondary N) is 1. The Morgan fingerprint density at radius 1 is 0.885 bits per heavy atom. The van der Waals surface area contributed by atoms with Crippen LogP contribution in [-0.4, -0.2) is 11.7 Å². The highest BCUT2D eigenvalue weighted by atomic mass is 35.5. The number of anilines is 1. The van der Waals surface area contributed by atoms with E-state index in [2.05, 4.69) is 5.32 Å². The number of benzene rings is 2. The van der Waals surface area contributed by atoms with Crippen LogP contribution in [0.15, 0.2) is 42.0 Å². The van der Waals surface area contributed by atoms with Gasteiger partial charge in [-0.15, -0.1) is 0 Å². The number of carbonyl (C=O) groups excluding carboxylic acids is 2. The maximum absolute atomic E-state index is 13.0. The molecule has 1 N–H and O–H groups in total. The Balaban J connectivity index is 1.71. The van der Waals surface area contributed by atoms with Gasteiger partial charge in [0.1, 0.15) is 0 Å². The van der Waals surface area contributed by atoms with Crippen LogP contribution in [-0.2, 0) is 0 Å². The molecule has 2 aromatic rings. The standard InChI is InChI=1S/C21H17Cl2NO2/c22-15-9-5-10-16(23)19(15)21(26)24-17-11-4-8-13-12-6-2-1-3-7-14(12)20(25)18(13)17/h4-5,8-11H,1-3,6-7H2,(H,24,26). The van der Waals surface area contributed by atoms with Gasteiger partial charge < -0.3 is 5.32 Å². The minimum absolute atomic E-state index is 0.0399. The van der Waals surface area contributed by atoms with Crippen molar-refractivity contribution >= 4 is 46.2 Å². The largest absolute Gasteiger partial charge is 0.321 e. The predicted molar refractivity (Wildman–Crippen MR) is 105 cm³/mol. The zero-order chi connectivity index (χ0) is 18.3. The van der Waals surface area contributed by atoms with Crippen molar-refractivity contribution in [1.29, 1.82) is 0 Å². The van der Waals surface area contributed by atoms with Crippen LogP contribution in [0.25, 0.3) is 5.57 Å². The number of carbonyl (C=O) groups is 2. The van der Waals surface area contributed by atoms with Gasteiger partial charge in [-0.2, -0.15) is 0 Å². The Morgan fingerprint density at radius 3 is 2.27 bits per heavy atom. The highest BCUT2D eigenvalue weighted by molar-refractivity contribution is 6.40. The Kier molecular flexibility index (Phi) is 4.60. The van der Waals surface area contributed by atoms with Crippen LogP contribution in [0.1, 0.15) is 58.4 Å². The number of halogens is 2. The average molecular weight is 386 g/mol. The van der Waals surface area contributed by atoms with Crippen molar-refractivity contribution in [3.8, 4) is 0 Å². The lowest BCUT2D eigenvalue weighted by Crippen LogP contribution is -2.16. The van der Waals surface area contributed by atoms with E-state index in [1.807, 2.05) is 12.1 Å². The number of allylic oxidation sites excluding steroid dienone is 2. The first-order valence-electron chi connectivity index (χ1n) is 8.73. The smallest absolute Gasteiger partial charge is 0.258 e. The van der Waals surface area contributed by atoms with Crippen LogP contribution >= 0.6 is 23.2 Å². The molecule has 1 amide bonds. The van der Waals surface area contributed by atoms with E-state index < -0.39 is 5.91 Å². The molecule has 0 radical (unpaired) electrons. The Bertz CT molecular complexity index is 942. The lowest BCUT2D eigenvalue weighted by molar-refractivity contribution is 0.102. The second-order valence-electron chi connectivity index (χ2n) is 6.63. The van der Waals surface area contributed by atoms with E-state index in [1.165, 1.54) is 0 Å². The lowest BCUT2D eigenvalue weighted by Gasteiger charge is -2.12. The van der Waals surface area contributed by atoms with Gasteiger partial charge in [0.2, 0.25) is 0 Å². The number of hydrogen-bond acceptors (Lipinski definition) is 2. The summed E-state index contributed by atoms with van der Waals surface area (Å²) >= 11 is 12.3. The fourth-order valence-electron chi connectivity index (χ4n) is 3.83. The summed E-state index contributed by atoms with van der Waals surface area (Å²) in [7, 11) is 0. The first kappa shape index (κ1) is 17.3. The molecule has 5 heteroatoms. The summed E-state index contributed by atoms with van der Waals surface area (Å²) in [5, 5.41) is 3.40. The quantitative estimate of drug-likeness (QED) is 0.672. The molecule has 0 saturated heterocycles. The van der Waals surface area contributed by atoms with Gasteiger partial charge in [-0.05, 0) is 55.0 Å². The fraction of sp³-hybridized carbons (Fsp3) is 0.238. The predicted octanol–water partition coefficient (Wildman–Crippen LogP) is 6.16. The second-order valence-corrected chi connectivity index (χ2v) is 7.44. The van der Waals surface area contributed by atoms with Crippen molar-refractivity contribution in [3.05, 3.63) is 68.7 Å². The van der Waals surface area contributed by atoms with Gasteiger partial charge in [-0.3, -0.25) is 9.59 Å². The van der Waals surface area contributed by atoms with Crippen LogP contribution < -0.4 is 5.32 Å². The maximum Gasteiger partial charge on any atom is 0.258 e. The van der Waals surface area contributed by atoms with Gasteiger partial charge in [-0.1, -0.05) is 47.8 Å². The molecular formula is C21H17Cl2NO2. The summed E-state index contributed by atoms with van der Waals surface area (Å²) in [6.07, 6.45) is 5.01. The van der Waals surface area contributed by atoms with Crippen molar-refractivity contribution in [3.63, 3.8) is 0 Å². The van der Waals surface area contributed by atoms with Crippen molar-refractivity contribution in [2.45, 2.75) is 32.1 Å². The van der Waals surface area contributed by atoms with E-state index in [0.29, 0.717) is 11.3 Å².